The van der Waals surface area contributed by atoms with Crippen LogP contribution in [0.4, 0.5) is 19.7 Å². The van der Waals surface area contributed by atoms with E-state index in [0.29, 0.717) is 42.6 Å². The van der Waals surface area contributed by atoms with Gasteiger partial charge in [0, 0.05) is 36.8 Å². The molecule has 2 aromatic rings. The van der Waals surface area contributed by atoms with Crippen LogP contribution in [-0.4, -0.2) is 53.9 Å². The molecule has 2 saturated heterocycles. The van der Waals surface area contributed by atoms with Gasteiger partial charge in [0.05, 0.1) is 6.04 Å². The zero-order chi connectivity index (χ0) is 24.7. The van der Waals surface area contributed by atoms with Crippen molar-refractivity contribution in [1.29, 1.82) is 0 Å². The molecule has 1 spiro atoms. The molecule has 0 radical (unpaired) electrons. The maximum absolute atomic E-state index is 14.4. The standard InChI is InChI=1S/C25H25FN4O5/c1-27-23(33)28-16-8-9-18-15(13-16)10-11-25(18)22(32)30(24(34)35-25)14-21(31)29-12-4-7-20(29)17-5-2-3-6-19(17)26/h2-3,5-6,8-9,13,20H,4,7,10-12,14H2,1H3,(H2,27,28,33). The second-order valence-corrected chi connectivity index (χ2v) is 8.93. The first-order chi connectivity index (χ1) is 16.8. The number of amides is 5. The Morgan fingerprint density at radius 3 is 2.77 bits per heavy atom. The van der Waals surface area contributed by atoms with E-state index in [0.717, 1.165) is 10.5 Å². The molecule has 0 aromatic heterocycles. The zero-order valence-corrected chi connectivity index (χ0v) is 19.2. The summed E-state index contributed by atoms with van der Waals surface area (Å²) < 4.78 is 20.0. The van der Waals surface area contributed by atoms with Crippen molar-refractivity contribution >= 4 is 29.6 Å². The van der Waals surface area contributed by atoms with Crippen molar-refractivity contribution in [1.82, 2.24) is 15.1 Å². The molecule has 2 atom stereocenters. The molecule has 2 heterocycles. The summed E-state index contributed by atoms with van der Waals surface area (Å²) in [5.74, 6) is -1.40. The lowest BCUT2D eigenvalue weighted by atomic mass is 9.94. The zero-order valence-electron chi connectivity index (χ0n) is 19.2. The minimum absolute atomic E-state index is 0.253. The number of carbonyl (C=O) groups excluding carboxylic acids is 4. The summed E-state index contributed by atoms with van der Waals surface area (Å²) in [6.45, 7) is -0.0417. The second kappa shape index (κ2) is 8.68. The molecule has 5 amide bonds. The van der Waals surface area contributed by atoms with Gasteiger partial charge in [0.1, 0.15) is 12.4 Å². The first-order valence-corrected chi connectivity index (χ1v) is 11.5. The molecule has 0 saturated carbocycles. The topological polar surface area (TPSA) is 108 Å². The Hall–Kier alpha value is -3.95. The fraction of sp³-hybridized carbons (Fsp3) is 0.360. The third kappa shape index (κ3) is 3.78. The number of rotatable bonds is 4. The number of hydrogen-bond acceptors (Lipinski definition) is 5. The van der Waals surface area contributed by atoms with Gasteiger partial charge in [-0.05, 0) is 43.0 Å². The highest BCUT2D eigenvalue weighted by Gasteiger charge is 2.58. The first-order valence-electron chi connectivity index (χ1n) is 11.5. The molecule has 9 nitrogen and oxygen atoms in total. The quantitative estimate of drug-likeness (QED) is 0.699. The number of nitrogens with one attached hydrogen (secondary N) is 2. The molecule has 5 rings (SSSR count). The van der Waals surface area contributed by atoms with Crippen LogP contribution in [0.1, 0.15) is 42.0 Å². The van der Waals surface area contributed by atoms with Crippen LogP contribution < -0.4 is 10.6 Å². The van der Waals surface area contributed by atoms with E-state index in [2.05, 4.69) is 10.6 Å². The van der Waals surface area contributed by atoms with Gasteiger partial charge in [-0.1, -0.05) is 24.3 Å². The molecule has 35 heavy (non-hydrogen) atoms. The molecule has 3 aliphatic rings. The smallest absolute Gasteiger partial charge is 0.418 e. The van der Waals surface area contributed by atoms with Gasteiger partial charge in [-0.2, -0.15) is 0 Å². The molecule has 2 N–H and O–H groups in total. The van der Waals surface area contributed by atoms with Crippen molar-refractivity contribution in [2.24, 2.45) is 0 Å². The van der Waals surface area contributed by atoms with E-state index in [1.807, 2.05) is 0 Å². The summed E-state index contributed by atoms with van der Waals surface area (Å²) in [5, 5.41) is 5.15. The molecule has 2 unspecified atom stereocenters. The number of fused-ring (bicyclic) bond motifs is 2. The summed E-state index contributed by atoms with van der Waals surface area (Å²) in [4.78, 5) is 53.3. The molecule has 182 valence electrons. The number of halogens is 1. The van der Waals surface area contributed by atoms with Crippen LogP contribution in [0.5, 0.6) is 0 Å². The molecule has 0 bridgehead atoms. The van der Waals surface area contributed by atoms with Gasteiger partial charge in [0.25, 0.3) is 5.91 Å². The third-order valence-corrected chi connectivity index (χ3v) is 6.97. The Kier molecular flexibility index (Phi) is 5.66. The van der Waals surface area contributed by atoms with Crippen LogP contribution in [-0.2, 0) is 26.3 Å². The van der Waals surface area contributed by atoms with E-state index in [1.54, 1.807) is 36.4 Å². The maximum atomic E-state index is 14.4. The molecular formula is C25H25FN4O5. The summed E-state index contributed by atoms with van der Waals surface area (Å²) in [6.07, 6.45) is 1.16. The summed E-state index contributed by atoms with van der Waals surface area (Å²) in [7, 11) is 1.50. The van der Waals surface area contributed by atoms with Gasteiger partial charge in [-0.3, -0.25) is 9.59 Å². The molecule has 2 aromatic carbocycles. The Balaban J connectivity index is 1.34. The number of carbonyl (C=O) groups is 4. The second-order valence-electron chi connectivity index (χ2n) is 8.93. The fourth-order valence-electron chi connectivity index (χ4n) is 5.28. The number of urea groups is 1. The minimum atomic E-state index is -1.48. The lowest BCUT2D eigenvalue weighted by Crippen LogP contribution is -2.44. The number of likely N-dealkylation sites (tertiary alicyclic amines) is 1. The van der Waals surface area contributed by atoms with E-state index in [-0.39, 0.29) is 18.3 Å². The first kappa shape index (κ1) is 22.8. The summed E-state index contributed by atoms with van der Waals surface area (Å²) >= 11 is 0. The molecular weight excluding hydrogens is 455 g/mol. The summed E-state index contributed by atoms with van der Waals surface area (Å²) in [6, 6.07) is 10.6. The van der Waals surface area contributed by atoms with E-state index >= 15 is 0 Å². The van der Waals surface area contributed by atoms with Gasteiger partial charge < -0.3 is 20.3 Å². The molecule has 2 aliphatic heterocycles. The van der Waals surface area contributed by atoms with E-state index in [9.17, 15) is 23.6 Å². The SMILES string of the molecule is CNC(=O)Nc1ccc2c(c1)CCC21OC(=O)N(CC(=O)N2CCCC2c2ccccc2F)C1=O. The Labute approximate surface area is 201 Å². The van der Waals surface area contributed by atoms with Crippen molar-refractivity contribution < 1.29 is 28.3 Å². The normalized spacial score (nSPS) is 23.0. The lowest BCUT2D eigenvalue weighted by Gasteiger charge is -2.27. The predicted molar refractivity (Wildman–Crippen MR) is 123 cm³/mol. The maximum Gasteiger partial charge on any atom is 0.418 e. The number of imide groups is 1. The Morgan fingerprint density at radius 1 is 1.20 bits per heavy atom. The summed E-state index contributed by atoms with van der Waals surface area (Å²) in [5.41, 5.74) is 0.841. The largest absolute Gasteiger partial charge is 0.427 e. The molecule has 2 fully saturated rings. The van der Waals surface area contributed by atoms with Gasteiger partial charge in [-0.15, -0.1) is 0 Å². The number of aryl methyl sites for hydroxylation is 1. The van der Waals surface area contributed by atoms with Crippen molar-refractivity contribution in [2.75, 3.05) is 25.5 Å². The van der Waals surface area contributed by atoms with E-state index < -0.39 is 36.1 Å². The number of benzene rings is 2. The number of hydrogen-bond donors (Lipinski definition) is 2. The molecule has 10 heteroatoms. The van der Waals surface area contributed by atoms with Crippen LogP contribution in [0.2, 0.25) is 0 Å². The van der Waals surface area contributed by atoms with Gasteiger partial charge >= 0.3 is 12.1 Å². The average molecular weight is 480 g/mol. The van der Waals surface area contributed by atoms with Crippen molar-refractivity contribution in [2.45, 2.75) is 37.3 Å². The Bertz CT molecular complexity index is 1230. The predicted octanol–water partition coefficient (Wildman–Crippen LogP) is 3.06. The van der Waals surface area contributed by atoms with Gasteiger partial charge in [0.15, 0.2) is 0 Å². The van der Waals surface area contributed by atoms with Crippen molar-refractivity contribution in [3.05, 3.63) is 65.0 Å². The highest BCUT2D eigenvalue weighted by atomic mass is 19.1. The van der Waals surface area contributed by atoms with Crippen LogP contribution in [0.3, 0.4) is 0 Å². The van der Waals surface area contributed by atoms with Gasteiger partial charge in [-0.25, -0.2) is 18.9 Å². The Morgan fingerprint density at radius 2 is 2.00 bits per heavy atom. The minimum Gasteiger partial charge on any atom is -0.427 e. The number of ether oxygens (including phenoxy) is 1. The third-order valence-electron chi connectivity index (χ3n) is 6.97. The average Bonchev–Trinajstić information content (AvgIpc) is 3.53. The highest BCUT2D eigenvalue weighted by molar-refractivity contribution is 6.06. The fourth-order valence-corrected chi connectivity index (χ4v) is 5.28. The van der Waals surface area contributed by atoms with Crippen LogP contribution in [0.15, 0.2) is 42.5 Å². The monoisotopic (exact) mass is 480 g/mol. The van der Waals surface area contributed by atoms with Crippen LogP contribution >= 0.6 is 0 Å². The van der Waals surface area contributed by atoms with Gasteiger partial charge in [0.2, 0.25) is 11.5 Å². The highest BCUT2D eigenvalue weighted by Crippen LogP contribution is 2.46. The van der Waals surface area contributed by atoms with Crippen molar-refractivity contribution in [3.8, 4) is 0 Å². The number of anilines is 1. The molecule has 1 aliphatic carbocycles. The lowest BCUT2D eigenvalue weighted by molar-refractivity contribution is -0.142. The van der Waals surface area contributed by atoms with Crippen molar-refractivity contribution in [3.63, 3.8) is 0 Å². The van der Waals surface area contributed by atoms with Crippen LogP contribution in [0.25, 0.3) is 0 Å². The number of nitrogens with zero attached hydrogens (tertiary/aromatic N) is 2. The van der Waals surface area contributed by atoms with Crippen LogP contribution in [0, 0.1) is 5.82 Å². The van der Waals surface area contributed by atoms with E-state index in [1.165, 1.54) is 18.0 Å². The van der Waals surface area contributed by atoms with E-state index in [4.69, 9.17) is 4.74 Å².